The zero-order valence-electron chi connectivity index (χ0n) is 8.23. The van der Waals surface area contributed by atoms with E-state index in [0.29, 0.717) is 6.54 Å². The number of hydrogen-bond donors (Lipinski definition) is 0. The molecule has 0 aliphatic rings. The van der Waals surface area contributed by atoms with Crippen molar-refractivity contribution in [3.05, 3.63) is 42.0 Å². The van der Waals surface area contributed by atoms with Crippen LogP contribution < -0.4 is 0 Å². The maximum atomic E-state index is 10.0. The first-order valence-corrected chi connectivity index (χ1v) is 4.66. The second kappa shape index (κ2) is 5.90. The third-order valence-corrected chi connectivity index (χ3v) is 1.91. The van der Waals surface area contributed by atoms with Crippen molar-refractivity contribution in [1.82, 2.24) is 0 Å². The summed E-state index contributed by atoms with van der Waals surface area (Å²) < 4.78 is 0. The van der Waals surface area contributed by atoms with Crippen LogP contribution in [0.3, 0.4) is 0 Å². The van der Waals surface area contributed by atoms with E-state index in [0.717, 1.165) is 17.6 Å². The van der Waals surface area contributed by atoms with Crippen LogP contribution in [0.15, 0.2) is 41.4 Å². The molecule has 0 saturated carbocycles. The number of nitrogens with zero attached hydrogens (tertiary/aromatic N) is 1. The van der Waals surface area contributed by atoms with Crippen molar-refractivity contribution in [3.63, 3.8) is 0 Å². The normalized spacial score (nSPS) is 10.8. The van der Waals surface area contributed by atoms with Crippen molar-refractivity contribution in [2.24, 2.45) is 4.99 Å². The lowest BCUT2D eigenvalue weighted by molar-refractivity contribution is 0.564. The molecule has 0 fully saturated rings. The largest absolute Gasteiger partial charge is 0.235 e. The van der Waals surface area contributed by atoms with Gasteiger partial charge in [0, 0.05) is 0 Å². The Labute approximate surface area is 84.0 Å². The molecule has 1 rings (SSSR count). The van der Waals surface area contributed by atoms with Gasteiger partial charge in [-0.05, 0) is 17.6 Å². The molecule has 0 amide bonds. The fourth-order valence-corrected chi connectivity index (χ4v) is 1.29. The van der Waals surface area contributed by atoms with E-state index >= 15 is 0 Å². The molecule has 0 aliphatic carbocycles. The number of isocyanates is 1. The van der Waals surface area contributed by atoms with E-state index in [4.69, 9.17) is 0 Å². The molecule has 1 aromatic rings. The van der Waals surface area contributed by atoms with Crippen molar-refractivity contribution >= 4 is 11.7 Å². The molecule has 0 spiro atoms. The second-order valence-corrected chi connectivity index (χ2v) is 2.91. The third kappa shape index (κ3) is 3.00. The summed E-state index contributed by atoms with van der Waals surface area (Å²) in [6.07, 6.45) is 4.58. The van der Waals surface area contributed by atoms with Gasteiger partial charge in [0.05, 0.1) is 6.54 Å². The lowest BCUT2D eigenvalue weighted by Crippen LogP contribution is -1.88. The molecule has 72 valence electrons. The van der Waals surface area contributed by atoms with Crippen molar-refractivity contribution < 1.29 is 4.79 Å². The second-order valence-electron chi connectivity index (χ2n) is 2.91. The molecule has 1 aromatic carbocycles. The lowest BCUT2D eigenvalue weighted by atomic mass is 10.1. The number of aliphatic imine (C=N–C) groups is 1. The summed E-state index contributed by atoms with van der Waals surface area (Å²) in [5.41, 5.74) is 2.20. The molecular formula is C12H13NO. The highest BCUT2D eigenvalue weighted by Crippen LogP contribution is 2.14. The van der Waals surface area contributed by atoms with E-state index in [9.17, 15) is 4.79 Å². The molecule has 0 bridgehead atoms. The van der Waals surface area contributed by atoms with Crippen LogP contribution >= 0.6 is 0 Å². The Morgan fingerprint density at radius 2 is 2.14 bits per heavy atom. The van der Waals surface area contributed by atoms with Gasteiger partial charge in [0.1, 0.15) is 0 Å². The zero-order valence-corrected chi connectivity index (χ0v) is 8.23. The number of carbonyl (C=O) groups excluding carboxylic acids is 1. The van der Waals surface area contributed by atoms with Gasteiger partial charge in [-0.15, -0.1) is 0 Å². The minimum Gasteiger partial charge on any atom is -0.211 e. The van der Waals surface area contributed by atoms with Gasteiger partial charge >= 0.3 is 0 Å². The molecule has 2 heteroatoms. The van der Waals surface area contributed by atoms with Crippen LogP contribution in [0.5, 0.6) is 0 Å². The van der Waals surface area contributed by atoms with E-state index in [2.05, 4.69) is 18.0 Å². The molecule has 0 aromatic heterocycles. The zero-order chi connectivity index (χ0) is 10.2. The van der Waals surface area contributed by atoms with E-state index < -0.39 is 0 Å². The van der Waals surface area contributed by atoms with Crippen LogP contribution in [-0.4, -0.2) is 12.6 Å². The molecule has 0 saturated heterocycles. The predicted octanol–water partition coefficient (Wildman–Crippen LogP) is 2.82. The van der Waals surface area contributed by atoms with Gasteiger partial charge < -0.3 is 0 Å². The average molecular weight is 187 g/mol. The molecule has 0 radical (unpaired) electrons. The molecule has 0 unspecified atom stereocenters. The standard InChI is InChI=1S/C12H13NO/c1-2-6-12(9-13-10-14)11-7-4-3-5-8-11/h3-8H,2,9H2,1H3. The molecule has 0 aliphatic heterocycles. The minimum atomic E-state index is 0.418. The molecule has 14 heavy (non-hydrogen) atoms. The number of rotatable bonds is 4. The topological polar surface area (TPSA) is 29.4 Å². The average Bonchev–Trinajstić information content (AvgIpc) is 2.25. The van der Waals surface area contributed by atoms with Crippen molar-refractivity contribution in [3.8, 4) is 0 Å². The van der Waals surface area contributed by atoms with Gasteiger partial charge in [-0.3, -0.25) is 0 Å². The molecule has 0 heterocycles. The Kier molecular flexibility index (Phi) is 4.39. The van der Waals surface area contributed by atoms with Crippen LogP contribution in [0, 0.1) is 0 Å². The van der Waals surface area contributed by atoms with Gasteiger partial charge in [0.2, 0.25) is 6.08 Å². The van der Waals surface area contributed by atoms with Crippen molar-refractivity contribution in [2.75, 3.05) is 6.54 Å². The van der Waals surface area contributed by atoms with E-state index in [-0.39, 0.29) is 0 Å². The van der Waals surface area contributed by atoms with Gasteiger partial charge in [-0.25, -0.2) is 9.79 Å². The maximum Gasteiger partial charge on any atom is 0.235 e. The fourth-order valence-electron chi connectivity index (χ4n) is 1.29. The molecule has 2 nitrogen and oxygen atoms in total. The number of hydrogen-bond acceptors (Lipinski definition) is 2. The van der Waals surface area contributed by atoms with Crippen molar-refractivity contribution in [1.29, 1.82) is 0 Å². The van der Waals surface area contributed by atoms with Crippen LogP contribution in [0.25, 0.3) is 5.57 Å². The third-order valence-electron chi connectivity index (χ3n) is 1.91. The fraction of sp³-hybridized carbons (Fsp3) is 0.250. The van der Waals surface area contributed by atoms with E-state index in [1.165, 1.54) is 0 Å². The summed E-state index contributed by atoms with van der Waals surface area (Å²) in [6.45, 7) is 2.48. The lowest BCUT2D eigenvalue weighted by Gasteiger charge is -2.02. The Balaban J connectivity index is 2.89. The Morgan fingerprint density at radius 1 is 1.43 bits per heavy atom. The molecule has 0 atom stereocenters. The van der Waals surface area contributed by atoms with Gasteiger partial charge in [0.25, 0.3) is 0 Å². The SMILES string of the molecule is CCC=C(CN=C=O)c1ccccc1. The highest BCUT2D eigenvalue weighted by Gasteiger charge is 1.98. The monoisotopic (exact) mass is 187 g/mol. The Bertz CT molecular complexity index is 348. The predicted molar refractivity (Wildman–Crippen MR) is 57.7 cm³/mol. The first kappa shape index (κ1) is 10.4. The number of allylic oxidation sites excluding steroid dienone is 1. The van der Waals surface area contributed by atoms with Crippen molar-refractivity contribution in [2.45, 2.75) is 13.3 Å². The highest BCUT2D eigenvalue weighted by atomic mass is 16.1. The van der Waals surface area contributed by atoms with Crippen LogP contribution in [-0.2, 0) is 4.79 Å². The summed E-state index contributed by atoms with van der Waals surface area (Å²) in [7, 11) is 0. The Hall–Kier alpha value is -1.66. The summed E-state index contributed by atoms with van der Waals surface area (Å²) in [4.78, 5) is 13.6. The number of benzene rings is 1. The summed E-state index contributed by atoms with van der Waals surface area (Å²) >= 11 is 0. The van der Waals surface area contributed by atoms with Gasteiger partial charge in [-0.2, -0.15) is 0 Å². The Morgan fingerprint density at radius 3 is 2.71 bits per heavy atom. The quantitative estimate of drug-likeness (QED) is 0.526. The first-order valence-electron chi connectivity index (χ1n) is 4.66. The van der Waals surface area contributed by atoms with Gasteiger partial charge in [0.15, 0.2) is 0 Å². The molecular weight excluding hydrogens is 174 g/mol. The highest BCUT2D eigenvalue weighted by molar-refractivity contribution is 5.67. The van der Waals surface area contributed by atoms with E-state index in [1.807, 2.05) is 30.3 Å². The first-order chi connectivity index (χ1) is 6.88. The minimum absolute atomic E-state index is 0.418. The smallest absolute Gasteiger partial charge is 0.211 e. The maximum absolute atomic E-state index is 10.0. The van der Waals surface area contributed by atoms with Crippen LogP contribution in [0.4, 0.5) is 0 Å². The summed E-state index contributed by atoms with van der Waals surface area (Å²) in [5.74, 6) is 0. The molecule has 0 N–H and O–H groups in total. The summed E-state index contributed by atoms with van der Waals surface area (Å²) in [5, 5.41) is 0. The van der Waals surface area contributed by atoms with E-state index in [1.54, 1.807) is 6.08 Å². The van der Waals surface area contributed by atoms with Gasteiger partial charge in [-0.1, -0.05) is 43.3 Å². The summed E-state index contributed by atoms with van der Waals surface area (Å²) in [6, 6.07) is 9.95. The van der Waals surface area contributed by atoms with Crippen LogP contribution in [0.2, 0.25) is 0 Å². The van der Waals surface area contributed by atoms with Crippen LogP contribution in [0.1, 0.15) is 18.9 Å².